The predicted octanol–water partition coefficient (Wildman–Crippen LogP) is 1.45. The molecular formula is C12H19N3. The molecule has 0 spiro atoms. The first-order chi connectivity index (χ1) is 7.43. The summed E-state index contributed by atoms with van der Waals surface area (Å²) in [5.41, 5.74) is 1.43. The molecule has 0 aromatic carbocycles. The number of aromatic nitrogens is 2. The van der Waals surface area contributed by atoms with E-state index >= 15 is 0 Å². The smallest absolute Gasteiger partial charge is 0.0948 e. The number of nitrogens with zero attached hydrogens (tertiary/aromatic N) is 2. The molecule has 1 aromatic rings. The maximum Gasteiger partial charge on any atom is 0.0948 e. The maximum atomic E-state index is 4.23. The normalized spacial score (nSPS) is 31.2. The minimum absolute atomic E-state index is 0.875. The lowest BCUT2D eigenvalue weighted by molar-refractivity contribution is 0.210. The molecule has 82 valence electrons. The molecule has 2 atom stereocenters. The number of hydrogen-bond acceptors (Lipinski definition) is 2. The number of imidazole rings is 1. The first kappa shape index (κ1) is 9.40. The molecule has 3 nitrogen and oxygen atoms in total. The van der Waals surface area contributed by atoms with Crippen molar-refractivity contribution in [3.05, 3.63) is 18.2 Å². The Labute approximate surface area is 90.9 Å². The van der Waals surface area contributed by atoms with Crippen molar-refractivity contribution in [3.63, 3.8) is 0 Å². The monoisotopic (exact) mass is 205 g/mol. The molecule has 3 rings (SSSR count). The Bertz CT molecular complexity index is 325. The second-order valence-corrected chi connectivity index (χ2v) is 4.94. The molecule has 3 heterocycles. The van der Waals surface area contributed by atoms with Crippen molar-refractivity contribution in [2.45, 2.75) is 32.2 Å². The zero-order valence-corrected chi connectivity index (χ0v) is 9.15. The van der Waals surface area contributed by atoms with Crippen LogP contribution < -0.4 is 5.32 Å². The van der Waals surface area contributed by atoms with Crippen LogP contribution in [0.5, 0.6) is 0 Å². The van der Waals surface area contributed by atoms with Gasteiger partial charge in [0.25, 0.3) is 0 Å². The van der Waals surface area contributed by atoms with E-state index < -0.39 is 0 Å². The van der Waals surface area contributed by atoms with Crippen molar-refractivity contribution in [3.8, 4) is 0 Å². The highest BCUT2D eigenvalue weighted by molar-refractivity contribution is 5.02. The van der Waals surface area contributed by atoms with Crippen LogP contribution in [0.3, 0.4) is 0 Å². The van der Waals surface area contributed by atoms with E-state index in [9.17, 15) is 0 Å². The van der Waals surface area contributed by atoms with Gasteiger partial charge in [0, 0.05) is 18.4 Å². The maximum absolute atomic E-state index is 4.23. The molecule has 1 fully saturated rings. The van der Waals surface area contributed by atoms with Crippen LogP contribution in [0.1, 0.15) is 25.0 Å². The molecule has 0 aliphatic carbocycles. The largest absolute Gasteiger partial charge is 0.334 e. The van der Waals surface area contributed by atoms with Crippen LogP contribution in [0.2, 0.25) is 0 Å². The van der Waals surface area contributed by atoms with Gasteiger partial charge in [-0.25, -0.2) is 4.98 Å². The van der Waals surface area contributed by atoms with Gasteiger partial charge < -0.3 is 9.88 Å². The van der Waals surface area contributed by atoms with E-state index in [1.807, 2.05) is 12.5 Å². The average molecular weight is 205 g/mol. The highest BCUT2D eigenvalue weighted by Gasteiger charge is 2.27. The third-order valence-electron chi connectivity index (χ3n) is 4.00. The van der Waals surface area contributed by atoms with Gasteiger partial charge in [-0.05, 0) is 50.6 Å². The lowest BCUT2D eigenvalue weighted by atomic mass is 9.81. The average Bonchev–Trinajstić information content (AvgIpc) is 2.77. The molecule has 1 N–H and O–H groups in total. The van der Waals surface area contributed by atoms with Crippen LogP contribution in [0, 0.1) is 11.8 Å². The van der Waals surface area contributed by atoms with Crippen LogP contribution in [0.25, 0.3) is 0 Å². The summed E-state index contributed by atoms with van der Waals surface area (Å²) in [6.07, 6.45) is 9.38. The predicted molar refractivity (Wildman–Crippen MR) is 59.6 cm³/mol. The Morgan fingerprint density at radius 2 is 2.33 bits per heavy atom. The Morgan fingerprint density at radius 3 is 3.20 bits per heavy atom. The molecule has 1 aromatic heterocycles. The molecule has 0 saturated carbocycles. The standard InChI is InChI=1S/C12H19N3/c1-2-10(6-13-5-1)11-3-4-12-7-14-9-15(12)8-11/h7,9-11,13H,1-6,8H2. The van der Waals surface area contributed by atoms with Crippen molar-refractivity contribution < 1.29 is 0 Å². The van der Waals surface area contributed by atoms with E-state index in [0.29, 0.717) is 0 Å². The van der Waals surface area contributed by atoms with Crippen LogP contribution in [-0.4, -0.2) is 22.6 Å². The summed E-state index contributed by atoms with van der Waals surface area (Å²) < 4.78 is 2.35. The van der Waals surface area contributed by atoms with Crippen LogP contribution in [-0.2, 0) is 13.0 Å². The highest BCUT2D eigenvalue weighted by Crippen LogP contribution is 2.29. The Hall–Kier alpha value is -0.830. The van der Waals surface area contributed by atoms with Crippen LogP contribution in [0.4, 0.5) is 0 Å². The molecule has 2 aliphatic rings. The van der Waals surface area contributed by atoms with Gasteiger partial charge in [-0.1, -0.05) is 0 Å². The van der Waals surface area contributed by atoms with E-state index in [2.05, 4.69) is 14.9 Å². The lowest BCUT2D eigenvalue weighted by Gasteiger charge is -2.34. The molecule has 2 aliphatic heterocycles. The minimum atomic E-state index is 0.875. The number of hydrogen-bond donors (Lipinski definition) is 1. The number of rotatable bonds is 1. The molecule has 3 heteroatoms. The zero-order valence-electron chi connectivity index (χ0n) is 9.15. The summed E-state index contributed by atoms with van der Waals surface area (Å²) in [6.45, 7) is 3.65. The fourth-order valence-electron chi connectivity index (χ4n) is 3.06. The van der Waals surface area contributed by atoms with Crippen molar-refractivity contribution in [2.24, 2.45) is 11.8 Å². The molecule has 15 heavy (non-hydrogen) atoms. The number of fused-ring (bicyclic) bond motifs is 1. The Morgan fingerprint density at radius 1 is 1.33 bits per heavy atom. The fraction of sp³-hybridized carbons (Fsp3) is 0.750. The van der Waals surface area contributed by atoms with Crippen molar-refractivity contribution in [1.82, 2.24) is 14.9 Å². The second kappa shape index (κ2) is 3.97. The van der Waals surface area contributed by atoms with Gasteiger partial charge in [0.15, 0.2) is 0 Å². The summed E-state index contributed by atoms with van der Waals surface area (Å²) in [4.78, 5) is 4.23. The third-order valence-corrected chi connectivity index (χ3v) is 4.00. The molecule has 0 radical (unpaired) electrons. The molecular weight excluding hydrogens is 186 g/mol. The minimum Gasteiger partial charge on any atom is -0.334 e. The van der Waals surface area contributed by atoms with Crippen molar-refractivity contribution >= 4 is 0 Å². The summed E-state index contributed by atoms with van der Waals surface area (Å²) in [5, 5.41) is 3.53. The summed E-state index contributed by atoms with van der Waals surface area (Å²) in [5.74, 6) is 1.77. The second-order valence-electron chi connectivity index (χ2n) is 4.94. The van der Waals surface area contributed by atoms with Crippen molar-refractivity contribution in [1.29, 1.82) is 0 Å². The van der Waals surface area contributed by atoms with Gasteiger partial charge >= 0.3 is 0 Å². The number of aryl methyl sites for hydroxylation is 1. The van der Waals surface area contributed by atoms with Gasteiger partial charge in [0.05, 0.1) is 6.33 Å². The lowest BCUT2D eigenvalue weighted by Crippen LogP contribution is -2.37. The number of nitrogens with one attached hydrogen (secondary N) is 1. The van der Waals surface area contributed by atoms with Gasteiger partial charge in [-0.2, -0.15) is 0 Å². The third kappa shape index (κ3) is 1.81. The molecule has 0 amide bonds. The topological polar surface area (TPSA) is 29.9 Å². The Balaban J connectivity index is 1.69. The summed E-state index contributed by atoms with van der Waals surface area (Å²) >= 11 is 0. The molecule has 1 saturated heterocycles. The van der Waals surface area contributed by atoms with E-state index in [4.69, 9.17) is 0 Å². The number of piperidine rings is 1. The van der Waals surface area contributed by atoms with E-state index in [1.54, 1.807) is 0 Å². The van der Waals surface area contributed by atoms with Crippen LogP contribution in [0.15, 0.2) is 12.5 Å². The first-order valence-electron chi connectivity index (χ1n) is 6.13. The first-order valence-corrected chi connectivity index (χ1v) is 6.13. The molecule has 0 bridgehead atoms. The summed E-state index contributed by atoms with van der Waals surface area (Å²) in [7, 11) is 0. The quantitative estimate of drug-likeness (QED) is 0.752. The van der Waals surface area contributed by atoms with E-state index in [-0.39, 0.29) is 0 Å². The van der Waals surface area contributed by atoms with Crippen LogP contribution >= 0.6 is 0 Å². The molecule has 2 unspecified atom stereocenters. The van der Waals surface area contributed by atoms with Gasteiger partial charge in [-0.3, -0.25) is 0 Å². The zero-order chi connectivity index (χ0) is 10.1. The Kier molecular flexibility index (Phi) is 2.49. The van der Waals surface area contributed by atoms with Crippen molar-refractivity contribution in [2.75, 3.05) is 13.1 Å². The highest BCUT2D eigenvalue weighted by atomic mass is 15.1. The fourth-order valence-corrected chi connectivity index (χ4v) is 3.06. The van der Waals surface area contributed by atoms with E-state index in [0.717, 1.165) is 11.8 Å². The van der Waals surface area contributed by atoms with E-state index in [1.165, 1.54) is 51.0 Å². The van der Waals surface area contributed by atoms with Gasteiger partial charge in [0.1, 0.15) is 0 Å². The van der Waals surface area contributed by atoms with Gasteiger partial charge in [-0.15, -0.1) is 0 Å². The van der Waals surface area contributed by atoms with Gasteiger partial charge in [0.2, 0.25) is 0 Å². The SMILES string of the molecule is c1ncn2c1CCC(C1CCCNC1)C2. The summed E-state index contributed by atoms with van der Waals surface area (Å²) in [6, 6.07) is 0.